The van der Waals surface area contributed by atoms with E-state index >= 15 is 0 Å². The first-order valence-electron chi connectivity index (χ1n) is 9.99. The number of hydrogen-bond acceptors (Lipinski definition) is 5. The highest BCUT2D eigenvalue weighted by atomic mass is 32.2. The molecule has 1 unspecified atom stereocenters. The minimum Gasteiger partial charge on any atom is -0.449 e. The number of fused-ring (bicyclic) bond motifs is 1. The molecule has 0 saturated heterocycles. The number of carbonyl (C=O) groups excluding carboxylic acids is 2. The number of benzene rings is 2. The molecule has 3 rings (SSSR count). The fourth-order valence-electron chi connectivity index (χ4n) is 3.71. The van der Waals surface area contributed by atoms with E-state index in [1.54, 1.807) is 48.2 Å². The van der Waals surface area contributed by atoms with E-state index in [2.05, 4.69) is 0 Å². The molecule has 166 valence electrons. The summed E-state index contributed by atoms with van der Waals surface area (Å²) in [6.45, 7) is 5.63. The van der Waals surface area contributed by atoms with Crippen LogP contribution >= 0.6 is 0 Å². The molecule has 1 atom stereocenters. The lowest BCUT2D eigenvalue weighted by Gasteiger charge is -2.40. The molecule has 1 aliphatic rings. The van der Waals surface area contributed by atoms with Crippen LogP contribution in [0.2, 0.25) is 0 Å². The van der Waals surface area contributed by atoms with E-state index in [-0.39, 0.29) is 23.5 Å². The Labute approximate surface area is 183 Å². The smallest absolute Gasteiger partial charge is 0.414 e. The summed E-state index contributed by atoms with van der Waals surface area (Å²) in [5.74, 6) is -0.121. The normalized spacial score (nSPS) is 16.3. The second-order valence-corrected chi connectivity index (χ2v) is 9.72. The van der Waals surface area contributed by atoms with E-state index in [1.807, 2.05) is 13.0 Å². The van der Waals surface area contributed by atoms with Gasteiger partial charge in [-0.3, -0.25) is 9.69 Å². The van der Waals surface area contributed by atoms with Crippen LogP contribution in [0.15, 0.2) is 47.4 Å². The molecule has 2 amide bonds. The SMILES string of the molecule is CCOC(=O)N1CC(C)N(C(C)=O)c2ccc(-c3cccc(S(=O)(=O)N(C)C)c3)cc21. The maximum absolute atomic E-state index is 12.6. The maximum atomic E-state index is 12.6. The lowest BCUT2D eigenvalue weighted by molar-refractivity contribution is -0.117. The molecular weight excluding hydrogens is 418 g/mol. The summed E-state index contributed by atoms with van der Waals surface area (Å²) in [5, 5.41) is 0. The summed E-state index contributed by atoms with van der Waals surface area (Å²) in [4.78, 5) is 28.2. The van der Waals surface area contributed by atoms with Gasteiger partial charge in [0.2, 0.25) is 15.9 Å². The molecule has 0 radical (unpaired) electrons. The van der Waals surface area contributed by atoms with Gasteiger partial charge in [0.15, 0.2) is 0 Å². The molecule has 0 aromatic heterocycles. The minimum absolute atomic E-state index is 0.121. The molecule has 1 aliphatic heterocycles. The van der Waals surface area contributed by atoms with E-state index in [1.165, 1.54) is 25.9 Å². The number of rotatable bonds is 4. The Hall–Kier alpha value is -2.91. The number of ether oxygens (including phenoxy) is 1. The standard InChI is InChI=1S/C22H27N3O5S/c1-6-30-22(27)24-14-15(2)25(16(3)26)20-11-10-18(13-21(20)24)17-8-7-9-19(12-17)31(28,29)23(4)5/h7-13,15H,6,14H2,1-5H3. The van der Waals surface area contributed by atoms with Crippen molar-refractivity contribution < 1.29 is 22.7 Å². The van der Waals surface area contributed by atoms with Crippen LogP contribution in [0.4, 0.5) is 16.2 Å². The first-order chi connectivity index (χ1) is 14.6. The molecule has 0 fully saturated rings. The molecule has 8 nitrogen and oxygen atoms in total. The van der Waals surface area contributed by atoms with Crippen molar-refractivity contribution in [2.24, 2.45) is 0 Å². The molecule has 0 spiro atoms. The van der Waals surface area contributed by atoms with Gasteiger partial charge in [0, 0.05) is 27.6 Å². The Balaban J connectivity index is 2.13. The van der Waals surface area contributed by atoms with Crippen LogP contribution in [0, 0.1) is 0 Å². The van der Waals surface area contributed by atoms with Crippen molar-refractivity contribution in [2.75, 3.05) is 37.0 Å². The molecule has 2 aromatic rings. The van der Waals surface area contributed by atoms with Crippen LogP contribution in [-0.4, -0.2) is 58.0 Å². The van der Waals surface area contributed by atoms with E-state index in [9.17, 15) is 18.0 Å². The van der Waals surface area contributed by atoms with Gasteiger partial charge in [0.1, 0.15) is 0 Å². The van der Waals surface area contributed by atoms with Gasteiger partial charge >= 0.3 is 6.09 Å². The Bertz CT molecular complexity index is 1110. The molecule has 0 N–H and O–H groups in total. The van der Waals surface area contributed by atoms with E-state index in [0.717, 1.165) is 9.87 Å². The number of carbonyl (C=O) groups is 2. The highest BCUT2D eigenvalue weighted by Gasteiger charge is 2.34. The predicted molar refractivity (Wildman–Crippen MR) is 120 cm³/mol. The van der Waals surface area contributed by atoms with Crippen molar-refractivity contribution in [1.82, 2.24) is 4.31 Å². The van der Waals surface area contributed by atoms with E-state index in [4.69, 9.17) is 4.74 Å². The first-order valence-corrected chi connectivity index (χ1v) is 11.4. The molecular formula is C22H27N3O5S. The van der Waals surface area contributed by atoms with E-state index in [0.29, 0.717) is 23.5 Å². The van der Waals surface area contributed by atoms with Gasteiger partial charge in [-0.25, -0.2) is 17.5 Å². The van der Waals surface area contributed by atoms with Gasteiger partial charge in [0.05, 0.1) is 28.9 Å². The fourth-order valence-corrected chi connectivity index (χ4v) is 4.65. The minimum atomic E-state index is -3.59. The molecule has 0 saturated carbocycles. The Morgan fingerprint density at radius 2 is 1.77 bits per heavy atom. The molecule has 2 aromatic carbocycles. The van der Waals surface area contributed by atoms with Crippen molar-refractivity contribution in [3.05, 3.63) is 42.5 Å². The number of anilines is 2. The number of hydrogen-bond donors (Lipinski definition) is 0. The molecule has 0 aliphatic carbocycles. The third-order valence-electron chi connectivity index (χ3n) is 5.19. The van der Waals surface area contributed by atoms with Gasteiger partial charge in [-0.15, -0.1) is 0 Å². The zero-order valence-corrected chi connectivity index (χ0v) is 19.1. The van der Waals surface area contributed by atoms with Crippen LogP contribution in [0.1, 0.15) is 20.8 Å². The topological polar surface area (TPSA) is 87.2 Å². The van der Waals surface area contributed by atoms with E-state index < -0.39 is 16.1 Å². The molecule has 31 heavy (non-hydrogen) atoms. The second-order valence-electron chi connectivity index (χ2n) is 7.57. The summed E-state index contributed by atoms with van der Waals surface area (Å²) in [6, 6.07) is 11.8. The monoisotopic (exact) mass is 445 g/mol. The Morgan fingerprint density at radius 3 is 2.39 bits per heavy atom. The average molecular weight is 446 g/mol. The summed E-state index contributed by atoms with van der Waals surface area (Å²) in [7, 11) is -0.624. The molecule has 0 bridgehead atoms. The van der Waals surface area contributed by atoms with Crippen LogP contribution < -0.4 is 9.80 Å². The van der Waals surface area contributed by atoms with Crippen molar-refractivity contribution in [3.8, 4) is 11.1 Å². The van der Waals surface area contributed by atoms with Gasteiger partial charge in [0.25, 0.3) is 0 Å². The third-order valence-corrected chi connectivity index (χ3v) is 7.00. The van der Waals surface area contributed by atoms with Crippen LogP contribution in [-0.2, 0) is 19.6 Å². The number of amides is 2. The van der Waals surface area contributed by atoms with Crippen molar-refractivity contribution in [2.45, 2.75) is 31.7 Å². The van der Waals surface area contributed by atoms with Gasteiger partial charge in [-0.1, -0.05) is 18.2 Å². The summed E-state index contributed by atoms with van der Waals surface area (Å²) >= 11 is 0. The fraction of sp³-hybridized carbons (Fsp3) is 0.364. The third kappa shape index (κ3) is 4.28. The zero-order valence-electron chi connectivity index (χ0n) is 18.3. The first kappa shape index (κ1) is 22.8. The van der Waals surface area contributed by atoms with Crippen molar-refractivity contribution >= 4 is 33.4 Å². The van der Waals surface area contributed by atoms with Crippen molar-refractivity contribution in [3.63, 3.8) is 0 Å². The maximum Gasteiger partial charge on any atom is 0.414 e. The largest absolute Gasteiger partial charge is 0.449 e. The summed E-state index contributed by atoms with van der Waals surface area (Å²) in [5.41, 5.74) is 2.56. The summed E-state index contributed by atoms with van der Waals surface area (Å²) < 4.78 is 31.4. The Kier molecular flexibility index (Phi) is 6.38. The predicted octanol–water partition coefficient (Wildman–Crippen LogP) is 3.32. The zero-order chi connectivity index (χ0) is 22.9. The Morgan fingerprint density at radius 1 is 1.10 bits per heavy atom. The molecule has 9 heteroatoms. The lowest BCUT2D eigenvalue weighted by Crippen LogP contribution is -2.51. The average Bonchev–Trinajstić information content (AvgIpc) is 2.72. The van der Waals surface area contributed by atoms with Gasteiger partial charge in [-0.05, 0) is 49.2 Å². The highest BCUT2D eigenvalue weighted by molar-refractivity contribution is 7.89. The summed E-state index contributed by atoms with van der Waals surface area (Å²) in [6.07, 6.45) is -0.486. The quantitative estimate of drug-likeness (QED) is 0.721. The van der Waals surface area contributed by atoms with Crippen LogP contribution in [0.3, 0.4) is 0 Å². The van der Waals surface area contributed by atoms with Gasteiger partial charge < -0.3 is 9.64 Å². The van der Waals surface area contributed by atoms with Crippen molar-refractivity contribution in [1.29, 1.82) is 0 Å². The van der Waals surface area contributed by atoms with Gasteiger partial charge in [-0.2, -0.15) is 0 Å². The van der Waals surface area contributed by atoms with Crippen LogP contribution in [0.25, 0.3) is 11.1 Å². The van der Waals surface area contributed by atoms with Crippen LogP contribution in [0.5, 0.6) is 0 Å². The lowest BCUT2D eigenvalue weighted by atomic mass is 10.0. The number of nitrogens with zero attached hydrogens (tertiary/aromatic N) is 3. The molecule has 1 heterocycles. The number of sulfonamides is 1. The highest BCUT2D eigenvalue weighted by Crippen LogP contribution is 2.39. The second kappa shape index (κ2) is 8.68.